The number of benzene rings is 3. The van der Waals surface area contributed by atoms with Gasteiger partial charge in [0.15, 0.2) is 0 Å². The number of sulfonamides is 1. The van der Waals surface area contributed by atoms with Crippen LogP contribution in [0, 0.1) is 6.92 Å². The van der Waals surface area contributed by atoms with Gasteiger partial charge in [-0.15, -0.1) is 0 Å². The highest BCUT2D eigenvalue weighted by atomic mass is 79.9. The Morgan fingerprint density at radius 2 is 1.83 bits per heavy atom. The third-order valence-corrected chi connectivity index (χ3v) is 6.45. The summed E-state index contributed by atoms with van der Waals surface area (Å²) in [5.41, 5.74) is 3.04. The van der Waals surface area contributed by atoms with Gasteiger partial charge in [-0.25, -0.2) is 13.4 Å². The Hall–Kier alpha value is -3.17. The highest BCUT2D eigenvalue weighted by Gasteiger charge is 2.18. The molecule has 0 saturated carbocycles. The number of aryl methyl sites for hydroxylation is 1. The number of anilines is 2. The van der Waals surface area contributed by atoms with Crippen LogP contribution in [0.25, 0.3) is 11.0 Å². The topological polar surface area (TPSA) is 104 Å². The van der Waals surface area contributed by atoms with Crippen LogP contribution < -0.4 is 10.0 Å². The van der Waals surface area contributed by atoms with Crippen molar-refractivity contribution >= 4 is 54.5 Å². The van der Waals surface area contributed by atoms with Gasteiger partial charge in [0.2, 0.25) is 5.95 Å². The average molecular weight is 485 g/mol. The molecule has 152 valence electrons. The Kier molecular flexibility index (Phi) is 5.31. The van der Waals surface area contributed by atoms with Gasteiger partial charge in [0.1, 0.15) is 0 Å². The summed E-state index contributed by atoms with van der Waals surface area (Å²) >= 11 is 3.34. The van der Waals surface area contributed by atoms with Gasteiger partial charge in [-0.05, 0) is 70.9 Å². The molecule has 7 nitrogen and oxygen atoms in total. The molecule has 0 aliphatic heterocycles. The number of amides is 1. The molecule has 30 heavy (non-hydrogen) atoms. The fraction of sp³-hybridized carbons (Fsp3) is 0.0476. The minimum absolute atomic E-state index is 0.0202. The van der Waals surface area contributed by atoms with Crippen molar-refractivity contribution in [2.24, 2.45) is 0 Å². The van der Waals surface area contributed by atoms with Crippen LogP contribution in [0.2, 0.25) is 0 Å². The molecule has 0 spiro atoms. The maximum Gasteiger partial charge on any atom is 0.261 e. The van der Waals surface area contributed by atoms with Gasteiger partial charge in [0, 0.05) is 10.0 Å². The molecule has 0 aliphatic rings. The molecule has 1 aromatic heterocycles. The first-order chi connectivity index (χ1) is 14.3. The maximum atomic E-state index is 12.8. The molecule has 0 saturated heterocycles. The lowest BCUT2D eigenvalue weighted by Gasteiger charge is -2.11. The number of carbonyl (C=O) groups excluding carboxylic acids is 1. The summed E-state index contributed by atoms with van der Waals surface area (Å²) in [6.07, 6.45) is 0. The number of halogens is 1. The zero-order valence-electron chi connectivity index (χ0n) is 15.8. The second-order valence-electron chi connectivity index (χ2n) is 6.67. The minimum Gasteiger partial charge on any atom is -0.324 e. The molecule has 9 heteroatoms. The zero-order valence-corrected chi connectivity index (χ0v) is 18.2. The lowest BCUT2D eigenvalue weighted by molar-refractivity contribution is 0.102. The van der Waals surface area contributed by atoms with E-state index in [2.05, 4.69) is 35.9 Å². The SMILES string of the molecule is Cc1ccc(Br)c(NS(=O)(=O)c2cccc(C(=O)Nc3nc4ccccc4[nH]3)c2)c1. The number of hydrogen-bond acceptors (Lipinski definition) is 4. The van der Waals surface area contributed by atoms with E-state index in [1.807, 2.05) is 37.3 Å². The average Bonchev–Trinajstić information content (AvgIpc) is 3.13. The molecular formula is C21H17BrN4O3S. The summed E-state index contributed by atoms with van der Waals surface area (Å²) in [6.45, 7) is 1.87. The fourth-order valence-corrected chi connectivity index (χ4v) is 4.51. The van der Waals surface area contributed by atoms with Crippen LogP contribution in [0.4, 0.5) is 11.6 Å². The van der Waals surface area contributed by atoms with Crippen molar-refractivity contribution in [1.82, 2.24) is 9.97 Å². The molecule has 3 aromatic carbocycles. The highest BCUT2D eigenvalue weighted by molar-refractivity contribution is 9.10. The second-order valence-corrected chi connectivity index (χ2v) is 9.21. The van der Waals surface area contributed by atoms with E-state index in [0.29, 0.717) is 10.2 Å². The van der Waals surface area contributed by atoms with E-state index >= 15 is 0 Å². The molecule has 0 bridgehead atoms. The molecule has 3 N–H and O–H groups in total. The number of nitrogens with one attached hydrogen (secondary N) is 3. The largest absolute Gasteiger partial charge is 0.324 e. The molecule has 1 amide bonds. The van der Waals surface area contributed by atoms with E-state index in [0.717, 1.165) is 16.6 Å². The van der Waals surface area contributed by atoms with E-state index in [-0.39, 0.29) is 16.4 Å². The lowest BCUT2D eigenvalue weighted by Crippen LogP contribution is -2.16. The third kappa shape index (κ3) is 4.22. The van der Waals surface area contributed by atoms with Crippen LogP contribution in [0.1, 0.15) is 15.9 Å². The van der Waals surface area contributed by atoms with Gasteiger partial charge in [0.05, 0.1) is 21.6 Å². The number of carbonyl (C=O) groups is 1. The number of para-hydroxylation sites is 2. The van der Waals surface area contributed by atoms with Crippen molar-refractivity contribution in [2.75, 3.05) is 10.0 Å². The predicted octanol–water partition coefficient (Wildman–Crippen LogP) is 4.69. The molecular weight excluding hydrogens is 468 g/mol. The Morgan fingerprint density at radius 1 is 1.03 bits per heavy atom. The number of hydrogen-bond donors (Lipinski definition) is 3. The zero-order chi connectivity index (χ0) is 21.3. The van der Waals surface area contributed by atoms with E-state index in [1.54, 1.807) is 18.2 Å². The van der Waals surface area contributed by atoms with Crippen molar-refractivity contribution in [3.8, 4) is 0 Å². The minimum atomic E-state index is -3.89. The molecule has 0 radical (unpaired) electrons. The Morgan fingerprint density at radius 3 is 2.63 bits per heavy atom. The van der Waals surface area contributed by atoms with Crippen molar-refractivity contribution < 1.29 is 13.2 Å². The quantitative estimate of drug-likeness (QED) is 0.382. The Balaban J connectivity index is 1.58. The summed E-state index contributed by atoms with van der Waals surface area (Å²) in [6, 6.07) is 18.6. The maximum absolute atomic E-state index is 12.8. The first kappa shape index (κ1) is 20.1. The van der Waals surface area contributed by atoms with E-state index in [1.165, 1.54) is 18.2 Å². The van der Waals surface area contributed by atoms with E-state index < -0.39 is 15.9 Å². The summed E-state index contributed by atoms with van der Waals surface area (Å²) in [5, 5.41) is 2.66. The third-order valence-electron chi connectivity index (χ3n) is 4.39. The number of aromatic amines is 1. The lowest BCUT2D eigenvalue weighted by atomic mass is 10.2. The molecule has 0 fully saturated rings. The monoisotopic (exact) mass is 484 g/mol. The smallest absolute Gasteiger partial charge is 0.261 e. The number of nitrogens with zero attached hydrogens (tertiary/aromatic N) is 1. The summed E-state index contributed by atoms with van der Waals surface area (Å²) in [7, 11) is -3.89. The number of fused-ring (bicyclic) bond motifs is 1. The van der Waals surface area contributed by atoms with Crippen molar-refractivity contribution in [2.45, 2.75) is 11.8 Å². The van der Waals surface area contributed by atoms with Gasteiger partial charge in [-0.3, -0.25) is 14.8 Å². The molecule has 0 atom stereocenters. The van der Waals surface area contributed by atoms with Crippen molar-refractivity contribution in [3.05, 3.63) is 82.3 Å². The van der Waals surface area contributed by atoms with Crippen LogP contribution >= 0.6 is 15.9 Å². The summed E-state index contributed by atoms with van der Waals surface area (Å²) in [5.74, 6) is -0.181. The molecule has 0 aliphatic carbocycles. The van der Waals surface area contributed by atoms with Gasteiger partial charge < -0.3 is 4.98 Å². The molecule has 0 unspecified atom stereocenters. The predicted molar refractivity (Wildman–Crippen MR) is 120 cm³/mol. The Bertz CT molecular complexity index is 1330. The summed E-state index contributed by atoms with van der Waals surface area (Å²) < 4.78 is 28.8. The van der Waals surface area contributed by atoms with Gasteiger partial charge >= 0.3 is 0 Å². The van der Waals surface area contributed by atoms with Crippen molar-refractivity contribution in [3.63, 3.8) is 0 Å². The van der Waals surface area contributed by atoms with Crippen LogP contribution in [0.3, 0.4) is 0 Å². The number of imidazole rings is 1. The van der Waals surface area contributed by atoms with E-state index in [9.17, 15) is 13.2 Å². The van der Waals surface area contributed by atoms with Crippen LogP contribution in [0.5, 0.6) is 0 Å². The number of H-pyrrole nitrogens is 1. The van der Waals surface area contributed by atoms with Crippen LogP contribution in [-0.2, 0) is 10.0 Å². The first-order valence-electron chi connectivity index (χ1n) is 8.97. The standard InChI is InChI=1S/C21H17BrN4O3S/c1-13-9-10-16(22)19(11-13)26-30(28,29)15-6-4-5-14(12-15)20(27)25-21-23-17-7-2-3-8-18(17)24-21/h2-12,26H,1H3,(H2,23,24,25,27). The highest BCUT2D eigenvalue weighted by Crippen LogP contribution is 2.26. The second kappa shape index (κ2) is 7.92. The van der Waals surface area contributed by atoms with Gasteiger partial charge in [0.25, 0.3) is 15.9 Å². The van der Waals surface area contributed by atoms with Crippen molar-refractivity contribution in [1.29, 1.82) is 0 Å². The van der Waals surface area contributed by atoms with Crippen LogP contribution in [-0.4, -0.2) is 24.3 Å². The van der Waals surface area contributed by atoms with E-state index in [4.69, 9.17) is 0 Å². The molecule has 4 aromatic rings. The normalized spacial score (nSPS) is 11.4. The summed E-state index contributed by atoms with van der Waals surface area (Å²) in [4.78, 5) is 19.9. The van der Waals surface area contributed by atoms with Crippen LogP contribution in [0.15, 0.2) is 76.1 Å². The molecule has 1 heterocycles. The number of rotatable bonds is 5. The fourth-order valence-electron chi connectivity index (χ4n) is 2.92. The van der Waals surface area contributed by atoms with Gasteiger partial charge in [-0.2, -0.15) is 0 Å². The first-order valence-corrected chi connectivity index (χ1v) is 11.2. The Labute approximate surface area is 181 Å². The number of aromatic nitrogens is 2. The van der Waals surface area contributed by atoms with Gasteiger partial charge in [-0.1, -0.05) is 24.3 Å². The molecule has 4 rings (SSSR count).